The molecule has 0 aliphatic carbocycles. The first-order chi connectivity index (χ1) is 8.27. The van der Waals surface area contributed by atoms with Gasteiger partial charge in [-0.25, -0.2) is 4.79 Å². The number of nitrogens with one attached hydrogen (secondary N) is 1. The van der Waals surface area contributed by atoms with Crippen LogP contribution in [-0.4, -0.2) is 22.0 Å². The van der Waals surface area contributed by atoms with Gasteiger partial charge in [-0.2, -0.15) is 5.10 Å². The van der Waals surface area contributed by atoms with E-state index in [0.29, 0.717) is 11.3 Å². The van der Waals surface area contributed by atoms with Crippen LogP contribution in [0.25, 0.3) is 0 Å². The van der Waals surface area contributed by atoms with Crippen LogP contribution in [0.4, 0.5) is 0 Å². The molecular formula is C11H10N4O2. The number of aromatic amines is 1. The molecule has 0 saturated heterocycles. The van der Waals surface area contributed by atoms with E-state index in [1.165, 1.54) is 6.20 Å². The first-order valence-corrected chi connectivity index (χ1v) is 4.87. The Morgan fingerprint density at radius 2 is 2.06 bits per heavy atom. The Hall–Kier alpha value is -2.63. The molecule has 3 N–H and O–H groups in total. The van der Waals surface area contributed by atoms with E-state index in [9.17, 15) is 4.79 Å². The van der Waals surface area contributed by atoms with Gasteiger partial charge >= 0.3 is 5.97 Å². The number of H-pyrrole nitrogens is 1. The Morgan fingerprint density at radius 1 is 1.29 bits per heavy atom. The highest BCUT2D eigenvalue weighted by atomic mass is 16.7. The van der Waals surface area contributed by atoms with Gasteiger partial charge < -0.3 is 10.6 Å². The average molecular weight is 230 g/mol. The fourth-order valence-electron chi connectivity index (χ4n) is 1.17. The summed E-state index contributed by atoms with van der Waals surface area (Å²) >= 11 is 0. The van der Waals surface area contributed by atoms with Crippen LogP contribution in [0.15, 0.2) is 47.8 Å². The molecule has 0 radical (unpaired) electrons. The minimum Gasteiger partial charge on any atom is -0.379 e. The minimum atomic E-state index is -0.562. The summed E-state index contributed by atoms with van der Waals surface area (Å²) in [6.45, 7) is 0. The zero-order chi connectivity index (χ0) is 12.1. The van der Waals surface area contributed by atoms with Gasteiger partial charge in [0.2, 0.25) is 0 Å². The van der Waals surface area contributed by atoms with E-state index in [1.807, 2.05) is 0 Å². The zero-order valence-electron chi connectivity index (χ0n) is 8.83. The Labute approximate surface area is 97.1 Å². The van der Waals surface area contributed by atoms with Crippen molar-refractivity contribution in [1.29, 1.82) is 0 Å². The van der Waals surface area contributed by atoms with Crippen LogP contribution in [0.2, 0.25) is 0 Å². The summed E-state index contributed by atoms with van der Waals surface area (Å²) in [4.78, 5) is 16.2. The number of hydrogen-bond acceptors (Lipinski definition) is 4. The van der Waals surface area contributed by atoms with E-state index >= 15 is 0 Å². The second kappa shape index (κ2) is 4.93. The van der Waals surface area contributed by atoms with Gasteiger partial charge in [0.15, 0.2) is 5.84 Å². The minimum absolute atomic E-state index is 0.0618. The van der Waals surface area contributed by atoms with Crippen molar-refractivity contribution in [3.8, 4) is 0 Å². The molecule has 86 valence electrons. The number of nitrogens with two attached hydrogens (primary N) is 1. The van der Waals surface area contributed by atoms with Gasteiger partial charge in [-0.05, 0) is 18.2 Å². The van der Waals surface area contributed by atoms with E-state index in [2.05, 4.69) is 20.2 Å². The summed E-state index contributed by atoms with van der Waals surface area (Å²) in [5, 5.41) is 9.82. The van der Waals surface area contributed by atoms with Gasteiger partial charge in [-0.3, -0.25) is 5.10 Å². The lowest BCUT2D eigenvalue weighted by Crippen LogP contribution is -2.15. The molecule has 0 saturated carbocycles. The second-order valence-corrected chi connectivity index (χ2v) is 3.19. The standard InChI is InChI=1S/C11H10N4O2/c12-10(9-6-7-13-14-9)15-17-11(16)8-4-2-1-3-5-8/h1-7H,(H2,12,15)(H,13,14). The summed E-state index contributed by atoms with van der Waals surface area (Å²) < 4.78 is 0. The van der Waals surface area contributed by atoms with Gasteiger partial charge in [-0.1, -0.05) is 23.4 Å². The van der Waals surface area contributed by atoms with Gasteiger partial charge in [-0.15, -0.1) is 0 Å². The second-order valence-electron chi connectivity index (χ2n) is 3.19. The molecule has 17 heavy (non-hydrogen) atoms. The Balaban J connectivity index is 2.04. The number of benzene rings is 1. The lowest BCUT2D eigenvalue weighted by atomic mass is 10.2. The largest absolute Gasteiger partial charge is 0.379 e. The fraction of sp³-hybridized carbons (Fsp3) is 0. The number of hydrogen-bond donors (Lipinski definition) is 2. The lowest BCUT2D eigenvalue weighted by Gasteiger charge is -1.98. The molecule has 0 amide bonds. The summed E-state index contributed by atoms with van der Waals surface area (Å²) in [6.07, 6.45) is 1.52. The van der Waals surface area contributed by atoms with Crippen molar-refractivity contribution >= 4 is 11.8 Å². The van der Waals surface area contributed by atoms with Crippen LogP contribution < -0.4 is 5.73 Å². The zero-order valence-corrected chi connectivity index (χ0v) is 8.83. The van der Waals surface area contributed by atoms with Crippen LogP contribution in [0.1, 0.15) is 16.1 Å². The van der Waals surface area contributed by atoms with Crippen molar-refractivity contribution in [2.45, 2.75) is 0 Å². The summed E-state index contributed by atoms with van der Waals surface area (Å²) in [5.74, 6) is -0.500. The van der Waals surface area contributed by atoms with Crippen molar-refractivity contribution < 1.29 is 9.63 Å². The molecule has 1 aromatic carbocycles. The maximum atomic E-state index is 11.5. The molecule has 0 fully saturated rings. The normalized spacial score (nSPS) is 11.2. The predicted molar refractivity (Wildman–Crippen MR) is 61.2 cm³/mol. The van der Waals surface area contributed by atoms with Gasteiger partial charge in [0.1, 0.15) is 5.69 Å². The van der Waals surface area contributed by atoms with E-state index in [0.717, 1.165) is 0 Å². The van der Waals surface area contributed by atoms with E-state index < -0.39 is 5.97 Å². The number of carbonyl (C=O) groups excluding carboxylic acids is 1. The molecule has 0 aliphatic heterocycles. The van der Waals surface area contributed by atoms with Crippen molar-refractivity contribution in [2.24, 2.45) is 10.9 Å². The van der Waals surface area contributed by atoms with Gasteiger partial charge in [0.05, 0.1) is 5.56 Å². The summed E-state index contributed by atoms with van der Waals surface area (Å²) in [7, 11) is 0. The highest BCUT2D eigenvalue weighted by Crippen LogP contribution is 2.01. The number of amidine groups is 1. The Kier molecular flexibility index (Phi) is 3.15. The summed E-state index contributed by atoms with van der Waals surface area (Å²) in [6, 6.07) is 10.2. The Morgan fingerprint density at radius 3 is 2.71 bits per heavy atom. The maximum Gasteiger partial charge on any atom is 0.365 e. The molecule has 1 aromatic heterocycles. The molecular weight excluding hydrogens is 220 g/mol. The topological polar surface area (TPSA) is 93.4 Å². The first-order valence-electron chi connectivity index (χ1n) is 4.87. The van der Waals surface area contributed by atoms with Crippen molar-refractivity contribution in [3.05, 3.63) is 53.9 Å². The molecule has 0 atom stereocenters. The highest BCUT2D eigenvalue weighted by molar-refractivity contribution is 5.96. The van der Waals surface area contributed by atoms with E-state index in [4.69, 9.17) is 5.73 Å². The van der Waals surface area contributed by atoms with Gasteiger partial charge in [0.25, 0.3) is 0 Å². The SMILES string of the molecule is N/C(=N\OC(=O)c1ccccc1)c1ccn[nH]1. The molecule has 2 aromatic rings. The predicted octanol–water partition coefficient (Wildman–Crippen LogP) is 0.887. The van der Waals surface area contributed by atoms with Crippen molar-refractivity contribution in [3.63, 3.8) is 0 Å². The average Bonchev–Trinajstić information content (AvgIpc) is 2.90. The van der Waals surface area contributed by atoms with Crippen LogP contribution in [-0.2, 0) is 4.84 Å². The van der Waals surface area contributed by atoms with Crippen LogP contribution in [0.3, 0.4) is 0 Å². The Bertz CT molecular complexity index is 520. The quantitative estimate of drug-likeness (QED) is 0.354. The first kappa shape index (κ1) is 10.9. The fourth-order valence-corrected chi connectivity index (χ4v) is 1.17. The third-order valence-electron chi connectivity index (χ3n) is 2.01. The smallest absolute Gasteiger partial charge is 0.365 e. The molecule has 0 aliphatic rings. The molecule has 0 bridgehead atoms. The molecule has 0 spiro atoms. The van der Waals surface area contributed by atoms with Crippen LogP contribution in [0, 0.1) is 0 Å². The molecule has 2 rings (SSSR count). The number of rotatable bonds is 3. The maximum absolute atomic E-state index is 11.5. The number of aromatic nitrogens is 2. The van der Waals surface area contributed by atoms with E-state index in [-0.39, 0.29) is 5.84 Å². The van der Waals surface area contributed by atoms with Gasteiger partial charge in [0, 0.05) is 6.20 Å². The third kappa shape index (κ3) is 2.69. The number of oxime groups is 1. The number of nitrogens with zero attached hydrogens (tertiary/aromatic N) is 2. The summed E-state index contributed by atoms with van der Waals surface area (Å²) in [5.41, 5.74) is 6.47. The van der Waals surface area contributed by atoms with Crippen LogP contribution in [0.5, 0.6) is 0 Å². The monoisotopic (exact) mass is 230 g/mol. The molecule has 0 unspecified atom stereocenters. The van der Waals surface area contributed by atoms with Crippen molar-refractivity contribution in [1.82, 2.24) is 10.2 Å². The van der Waals surface area contributed by atoms with E-state index in [1.54, 1.807) is 36.4 Å². The highest BCUT2D eigenvalue weighted by Gasteiger charge is 2.07. The molecule has 6 heteroatoms. The third-order valence-corrected chi connectivity index (χ3v) is 2.01. The van der Waals surface area contributed by atoms with Crippen LogP contribution >= 0.6 is 0 Å². The lowest BCUT2D eigenvalue weighted by molar-refractivity contribution is 0.0516. The number of carbonyl (C=O) groups is 1. The van der Waals surface area contributed by atoms with Crippen molar-refractivity contribution in [2.75, 3.05) is 0 Å². The molecule has 6 nitrogen and oxygen atoms in total. The molecule has 1 heterocycles.